The van der Waals surface area contributed by atoms with Gasteiger partial charge >= 0.3 is 0 Å². The number of rotatable bonds is 3. The third-order valence-corrected chi connectivity index (χ3v) is 2.90. The molecule has 108 valence electrons. The fourth-order valence-corrected chi connectivity index (χ4v) is 1.89. The molecular weight excluding hydrogens is 244 g/mol. The maximum Gasteiger partial charge on any atom is 0.0547 e. The summed E-state index contributed by atoms with van der Waals surface area (Å²) in [5.74, 6) is 0. The van der Waals surface area contributed by atoms with Gasteiger partial charge in [-0.3, -0.25) is 0 Å². The highest BCUT2D eigenvalue weighted by atomic mass is 14.9. The standard InChI is InChI=1S/C16H20N2.C2H6/c1-11(2)18-10-16(17)14-7-6-13-5-4-12(3)8-15(13)9-14;1-2/h4-11,18H,17H2,1-3H3;1-2H3/b16-10-;. The smallest absolute Gasteiger partial charge is 0.0547 e. The first-order valence-electron chi connectivity index (χ1n) is 7.29. The van der Waals surface area contributed by atoms with Crippen molar-refractivity contribution in [2.45, 2.75) is 40.7 Å². The molecule has 0 saturated carbocycles. The van der Waals surface area contributed by atoms with Crippen molar-refractivity contribution >= 4 is 16.5 Å². The van der Waals surface area contributed by atoms with E-state index in [-0.39, 0.29) is 0 Å². The van der Waals surface area contributed by atoms with E-state index in [2.05, 4.69) is 62.5 Å². The molecule has 0 heterocycles. The van der Waals surface area contributed by atoms with Gasteiger partial charge in [0.2, 0.25) is 0 Å². The first kappa shape index (κ1) is 16.1. The molecular formula is C18H26N2. The summed E-state index contributed by atoms with van der Waals surface area (Å²) in [5, 5.41) is 5.69. The molecule has 0 saturated heterocycles. The molecule has 0 radical (unpaired) electrons. The molecule has 0 aromatic heterocycles. The lowest BCUT2D eigenvalue weighted by molar-refractivity contribution is 0.703. The van der Waals surface area contributed by atoms with Gasteiger partial charge in [-0.25, -0.2) is 0 Å². The number of fused-ring (bicyclic) bond motifs is 1. The van der Waals surface area contributed by atoms with Crippen molar-refractivity contribution in [1.29, 1.82) is 0 Å². The molecule has 0 atom stereocenters. The molecule has 0 aliphatic rings. The molecule has 0 fully saturated rings. The van der Waals surface area contributed by atoms with Crippen LogP contribution in [-0.4, -0.2) is 6.04 Å². The first-order chi connectivity index (χ1) is 9.56. The van der Waals surface area contributed by atoms with Crippen LogP contribution in [0.3, 0.4) is 0 Å². The number of nitrogens with two attached hydrogens (primary N) is 1. The molecule has 2 rings (SSSR count). The van der Waals surface area contributed by atoms with Gasteiger partial charge in [-0.2, -0.15) is 0 Å². The van der Waals surface area contributed by atoms with E-state index >= 15 is 0 Å². The molecule has 0 amide bonds. The average Bonchev–Trinajstić information content (AvgIpc) is 2.46. The van der Waals surface area contributed by atoms with Gasteiger partial charge in [0.05, 0.1) is 5.70 Å². The van der Waals surface area contributed by atoms with Crippen LogP contribution < -0.4 is 11.1 Å². The van der Waals surface area contributed by atoms with Gasteiger partial charge < -0.3 is 11.1 Å². The van der Waals surface area contributed by atoms with Crippen molar-refractivity contribution in [1.82, 2.24) is 5.32 Å². The van der Waals surface area contributed by atoms with Crippen LogP contribution in [-0.2, 0) is 0 Å². The monoisotopic (exact) mass is 270 g/mol. The summed E-state index contributed by atoms with van der Waals surface area (Å²) in [5.41, 5.74) is 9.16. The zero-order chi connectivity index (χ0) is 15.1. The van der Waals surface area contributed by atoms with E-state index in [1.165, 1.54) is 16.3 Å². The molecule has 0 aliphatic carbocycles. The highest BCUT2D eigenvalue weighted by molar-refractivity contribution is 5.86. The minimum Gasteiger partial charge on any atom is -0.397 e. The number of aryl methyl sites for hydroxylation is 1. The molecule has 0 bridgehead atoms. The minimum atomic E-state index is 0.395. The van der Waals surface area contributed by atoms with E-state index < -0.39 is 0 Å². The summed E-state index contributed by atoms with van der Waals surface area (Å²) in [7, 11) is 0. The Morgan fingerprint density at radius 2 is 1.70 bits per heavy atom. The van der Waals surface area contributed by atoms with Crippen LogP contribution >= 0.6 is 0 Å². The van der Waals surface area contributed by atoms with Crippen LogP contribution in [0.25, 0.3) is 16.5 Å². The third kappa shape index (κ3) is 4.30. The van der Waals surface area contributed by atoms with E-state index in [0.717, 1.165) is 11.3 Å². The molecule has 0 unspecified atom stereocenters. The van der Waals surface area contributed by atoms with Crippen molar-refractivity contribution in [3.8, 4) is 0 Å². The molecule has 2 heteroatoms. The topological polar surface area (TPSA) is 38.0 Å². The van der Waals surface area contributed by atoms with E-state index in [9.17, 15) is 0 Å². The molecule has 2 aromatic carbocycles. The lowest BCUT2D eigenvalue weighted by Gasteiger charge is -2.08. The second-order valence-electron chi connectivity index (χ2n) is 4.99. The SMILES string of the molecule is CC.Cc1ccc2ccc(/C(N)=C/NC(C)C)cc2c1. The predicted molar refractivity (Wildman–Crippen MR) is 90.5 cm³/mol. The Morgan fingerprint density at radius 1 is 1.05 bits per heavy atom. The second-order valence-corrected chi connectivity index (χ2v) is 4.99. The number of benzene rings is 2. The van der Waals surface area contributed by atoms with Crippen molar-refractivity contribution in [2.24, 2.45) is 5.73 Å². The molecule has 3 N–H and O–H groups in total. The van der Waals surface area contributed by atoms with Crippen LogP contribution in [0.4, 0.5) is 0 Å². The van der Waals surface area contributed by atoms with Crippen LogP contribution in [0, 0.1) is 6.92 Å². The van der Waals surface area contributed by atoms with Gasteiger partial charge in [-0.15, -0.1) is 0 Å². The average molecular weight is 270 g/mol. The largest absolute Gasteiger partial charge is 0.397 e. The van der Waals surface area contributed by atoms with E-state index in [1.807, 2.05) is 20.0 Å². The predicted octanol–water partition coefficient (Wildman–Crippen LogP) is 4.43. The molecule has 2 nitrogen and oxygen atoms in total. The molecule has 20 heavy (non-hydrogen) atoms. The summed E-state index contributed by atoms with van der Waals surface area (Å²) >= 11 is 0. The van der Waals surface area contributed by atoms with E-state index in [1.54, 1.807) is 0 Å². The maximum absolute atomic E-state index is 6.07. The van der Waals surface area contributed by atoms with Crippen molar-refractivity contribution in [3.63, 3.8) is 0 Å². The fourth-order valence-electron chi connectivity index (χ4n) is 1.89. The van der Waals surface area contributed by atoms with Crippen LogP contribution in [0.1, 0.15) is 38.8 Å². The van der Waals surface area contributed by atoms with Crippen LogP contribution in [0.15, 0.2) is 42.6 Å². The van der Waals surface area contributed by atoms with Gasteiger partial charge in [0.1, 0.15) is 0 Å². The van der Waals surface area contributed by atoms with E-state index in [4.69, 9.17) is 5.73 Å². The van der Waals surface area contributed by atoms with Crippen molar-refractivity contribution in [3.05, 3.63) is 53.7 Å². The quantitative estimate of drug-likeness (QED) is 0.866. The number of nitrogens with one attached hydrogen (secondary N) is 1. The first-order valence-corrected chi connectivity index (χ1v) is 7.29. The van der Waals surface area contributed by atoms with Gasteiger partial charge in [0, 0.05) is 12.2 Å². The Balaban J connectivity index is 0.000000956. The highest BCUT2D eigenvalue weighted by Crippen LogP contribution is 2.20. The summed E-state index contributed by atoms with van der Waals surface area (Å²) in [6, 6.07) is 13.2. The van der Waals surface area contributed by atoms with Crippen molar-refractivity contribution in [2.75, 3.05) is 0 Å². The van der Waals surface area contributed by atoms with Crippen LogP contribution in [0.5, 0.6) is 0 Å². The minimum absolute atomic E-state index is 0.395. The van der Waals surface area contributed by atoms with E-state index in [0.29, 0.717) is 6.04 Å². The summed E-state index contributed by atoms with van der Waals surface area (Å²) in [6.07, 6.45) is 1.88. The molecule has 2 aromatic rings. The summed E-state index contributed by atoms with van der Waals surface area (Å²) < 4.78 is 0. The number of hydrogen-bond donors (Lipinski definition) is 2. The number of hydrogen-bond acceptors (Lipinski definition) is 2. The summed E-state index contributed by atoms with van der Waals surface area (Å²) in [4.78, 5) is 0. The highest BCUT2D eigenvalue weighted by Gasteiger charge is 2.00. The van der Waals surface area contributed by atoms with Crippen LogP contribution in [0.2, 0.25) is 0 Å². The third-order valence-electron chi connectivity index (χ3n) is 2.90. The van der Waals surface area contributed by atoms with Crippen molar-refractivity contribution < 1.29 is 0 Å². The van der Waals surface area contributed by atoms with Gasteiger partial charge in [-0.05, 0) is 43.2 Å². The van der Waals surface area contributed by atoms with Gasteiger partial charge in [-0.1, -0.05) is 49.7 Å². The normalized spacial score (nSPS) is 11.2. The fraction of sp³-hybridized carbons (Fsp3) is 0.333. The maximum atomic E-state index is 6.07. The van der Waals surface area contributed by atoms with Gasteiger partial charge in [0.25, 0.3) is 0 Å². The Kier molecular flexibility index (Phi) is 6.10. The Bertz CT molecular complexity index is 583. The zero-order valence-electron chi connectivity index (χ0n) is 13.2. The Labute approximate surface area is 122 Å². The Hall–Kier alpha value is -1.96. The lowest BCUT2D eigenvalue weighted by atomic mass is 10.0. The molecule has 0 spiro atoms. The zero-order valence-corrected chi connectivity index (χ0v) is 13.2. The second kappa shape index (κ2) is 7.59. The van der Waals surface area contributed by atoms with Gasteiger partial charge in [0.15, 0.2) is 0 Å². The summed E-state index contributed by atoms with van der Waals surface area (Å²) in [6.45, 7) is 10.3. The lowest BCUT2D eigenvalue weighted by Crippen LogP contribution is -2.17. The Morgan fingerprint density at radius 3 is 2.35 bits per heavy atom. The molecule has 0 aliphatic heterocycles.